The molecule has 0 bridgehead atoms. The van der Waals surface area contributed by atoms with E-state index >= 15 is 0 Å². The van der Waals surface area contributed by atoms with Crippen molar-refractivity contribution in [3.05, 3.63) is 52.5 Å². The molecule has 12 heteroatoms. The summed E-state index contributed by atoms with van der Waals surface area (Å²) in [6, 6.07) is 8.99. The summed E-state index contributed by atoms with van der Waals surface area (Å²) in [6.07, 6.45) is -1.38. The minimum Gasteiger partial charge on any atom is -0.494 e. The Morgan fingerprint density at radius 1 is 1.09 bits per heavy atom. The number of carbonyl (C=O) groups excluding carboxylic acids is 2. The van der Waals surface area contributed by atoms with Crippen molar-refractivity contribution in [2.75, 3.05) is 32.3 Å². The zero-order valence-corrected chi connectivity index (χ0v) is 21.1. The predicted molar refractivity (Wildman–Crippen MR) is 127 cm³/mol. The molecule has 3 rings (SSSR count). The van der Waals surface area contributed by atoms with Gasteiger partial charge >= 0.3 is 0 Å². The average molecular weight is 531 g/mol. The van der Waals surface area contributed by atoms with Gasteiger partial charge in [-0.15, -0.1) is 0 Å². The van der Waals surface area contributed by atoms with Crippen molar-refractivity contribution in [3.63, 3.8) is 0 Å². The molecular weight excluding hydrogens is 507 g/mol. The van der Waals surface area contributed by atoms with Crippen molar-refractivity contribution in [1.29, 1.82) is 0 Å². The summed E-state index contributed by atoms with van der Waals surface area (Å²) in [6.45, 7) is 1.93. The minimum atomic E-state index is -4.39. The van der Waals surface area contributed by atoms with Crippen molar-refractivity contribution in [1.82, 2.24) is 4.31 Å². The average Bonchev–Trinajstić information content (AvgIpc) is 3.10. The van der Waals surface area contributed by atoms with Gasteiger partial charge in [-0.1, -0.05) is 23.2 Å². The van der Waals surface area contributed by atoms with E-state index in [1.54, 1.807) is 24.3 Å². The third-order valence-corrected chi connectivity index (χ3v) is 7.80. The van der Waals surface area contributed by atoms with E-state index < -0.39 is 34.2 Å². The first-order valence-electron chi connectivity index (χ1n) is 10.3. The molecule has 9 nitrogen and oxygen atoms in total. The Morgan fingerprint density at radius 3 is 2.32 bits per heavy atom. The van der Waals surface area contributed by atoms with E-state index in [-0.39, 0.29) is 27.9 Å². The molecule has 0 aromatic heterocycles. The van der Waals surface area contributed by atoms with Crippen LogP contribution in [0.3, 0.4) is 0 Å². The van der Waals surface area contributed by atoms with Gasteiger partial charge in [0.25, 0.3) is 5.91 Å². The number of anilines is 1. The first-order chi connectivity index (χ1) is 16.1. The molecule has 2 amide bonds. The number of methoxy groups -OCH3 is 2. The lowest BCUT2D eigenvalue weighted by Gasteiger charge is -2.29. The maximum atomic E-state index is 13.6. The molecule has 34 heavy (non-hydrogen) atoms. The lowest BCUT2D eigenvalue weighted by atomic mass is 10.2. The van der Waals surface area contributed by atoms with Gasteiger partial charge in [0.15, 0.2) is 6.29 Å². The maximum Gasteiger partial charge on any atom is 0.252 e. The number of imide groups is 1. The van der Waals surface area contributed by atoms with Gasteiger partial charge in [-0.3, -0.25) is 9.59 Å². The number of carbonyl (C=O) groups is 2. The van der Waals surface area contributed by atoms with Crippen molar-refractivity contribution in [3.8, 4) is 5.75 Å². The fraction of sp³-hybridized carbons (Fsp3) is 0.364. The second kappa shape index (κ2) is 11.0. The van der Waals surface area contributed by atoms with Crippen LogP contribution in [0.25, 0.3) is 0 Å². The maximum absolute atomic E-state index is 13.6. The summed E-state index contributed by atoms with van der Waals surface area (Å²) in [5.41, 5.74) is 0.300. The highest BCUT2D eigenvalue weighted by molar-refractivity contribution is 7.89. The molecule has 2 aromatic carbocycles. The van der Waals surface area contributed by atoms with Gasteiger partial charge in [0.2, 0.25) is 15.9 Å². The normalized spacial score (nSPS) is 16.7. The molecular formula is C22H24Cl2N2O7S. The Hall–Kier alpha value is -2.21. The Morgan fingerprint density at radius 2 is 1.74 bits per heavy atom. The van der Waals surface area contributed by atoms with Gasteiger partial charge in [-0.2, -0.15) is 4.31 Å². The molecule has 0 N–H and O–H groups in total. The van der Waals surface area contributed by atoms with Gasteiger partial charge in [0, 0.05) is 19.2 Å². The fourth-order valence-electron chi connectivity index (χ4n) is 3.56. The highest BCUT2D eigenvalue weighted by atomic mass is 35.5. The number of benzene rings is 2. The van der Waals surface area contributed by atoms with Gasteiger partial charge < -0.3 is 14.2 Å². The third-order valence-electron chi connectivity index (χ3n) is 5.21. The van der Waals surface area contributed by atoms with Crippen LogP contribution in [0.2, 0.25) is 10.0 Å². The van der Waals surface area contributed by atoms with Gasteiger partial charge in [0.05, 0.1) is 30.3 Å². The topological polar surface area (TPSA) is 102 Å². The molecule has 0 spiro atoms. The minimum absolute atomic E-state index is 0.0825. The van der Waals surface area contributed by atoms with Crippen molar-refractivity contribution in [2.45, 2.75) is 30.6 Å². The smallest absolute Gasteiger partial charge is 0.252 e. The summed E-state index contributed by atoms with van der Waals surface area (Å²) in [7, 11) is -1.73. The standard InChI is InChI=1S/C22H24Cl2N2O7S/c1-4-33-16-8-6-15(7-9-16)26-20(27)12-18(22(26)28)25(13-21(31-2)32-3)34(29,30)19-11-14(23)5-10-17(19)24/h5-11,18,21H,4,12-13H2,1-3H3. The monoisotopic (exact) mass is 530 g/mol. The molecule has 1 aliphatic heterocycles. The van der Waals surface area contributed by atoms with Crippen LogP contribution in [-0.2, 0) is 29.1 Å². The second-order valence-electron chi connectivity index (χ2n) is 7.26. The van der Waals surface area contributed by atoms with E-state index in [4.69, 9.17) is 37.4 Å². The molecule has 2 aromatic rings. The SMILES string of the molecule is CCOc1ccc(N2C(=O)CC(N(CC(OC)OC)S(=O)(=O)c3cc(Cl)ccc3Cl)C2=O)cc1. The number of hydrogen-bond acceptors (Lipinski definition) is 7. The van der Waals surface area contributed by atoms with Gasteiger partial charge in [-0.25, -0.2) is 13.3 Å². The molecule has 0 radical (unpaired) electrons. The molecule has 0 saturated carbocycles. The summed E-state index contributed by atoms with van der Waals surface area (Å²) in [5, 5.41) is 0.0590. The summed E-state index contributed by atoms with van der Waals surface area (Å²) >= 11 is 12.2. The first kappa shape index (κ1) is 26.4. The Labute approximate surface area is 208 Å². The van der Waals surface area contributed by atoms with E-state index in [0.29, 0.717) is 18.0 Å². The lowest BCUT2D eigenvalue weighted by Crippen LogP contribution is -2.49. The van der Waals surface area contributed by atoms with Gasteiger partial charge in [0.1, 0.15) is 16.7 Å². The van der Waals surface area contributed by atoms with Crippen LogP contribution in [0.5, 0.6) is 5.75 Å². The van der Waals surface area contributed by atoms with Crippen LogP contribution in [0.1, 0.15) is 13.3 Å². The fourth-order valence-corrected chi connectivity index (χ4v) is 5.86. The van der Waals surface area contributed by atoms with Crippen LogP contribution < -0.4 is 9.64 Å². The number of sulfonamides is 1. The lowest BCUT2D eigenvalue weighted by molar-refractivity contribution is -0.125. The zero-order chi connectivity index (χ0) is 25.0. The highest BCUT2D eigenvalue weighted by Crippen LogP contribution is 2.33. The van der Waals surface area contributed by atoms with E-state index in [1.807, 2.05) is 6.92 Å². The quantitative estimate of drug-likeness (QED) is 0.342. The number of rotatable bonds is 10. The van der Waals surface area contributed by atoms with Crippen LogP contribution in [0.4, 0.5) is 5.69 Å². The number of nitrogens with zero attached hydrogens (tertiary/aromatic N) is 2. The van der Waals surface area contributed by atoms with Gasteiger partial charge in [-0.05, 0) is 49.4 Å². The van der Waals surface area contributed by atoms with Crippen LogP contribution in [-0.4, -0.2) is 64.2 Å². The van der Waals surface area contributed by atoms with Crippen LogP contribution >= 0.6 is 23.2 Å². The van der Waals surface area contributed by atoms with E-state index in [9.17, 15) is 18.0 Å². The molecule has 1 aliphatic rings. The summed E-state index contributed by atoms with van der Waals surface area (Å²) in [4.78, 5) is 26.9. The summed E-state index contributed by atoms with van der Waals surface area (Å²) < 4.78 is 43.9. The molecule has 1 unspecified atom stereocenters. The highest BCUT2D eigenvalue weighted by Gasteiger charge is 2.48. The molecule has 1 saturated heterocycles. The molecule has 0 aliphatic carbocycles. The molecule has 1 heterocycles. The first-order valence-corrected chi connectivity index (χ1v) is 12.5. The number of ether oxygens (including phenoxy) is 3. The van der Waals surface area contributed by atoms with E-state index in [2.05, 4.69) is 0 Å². The summed E-state index contributed by atoms with van der Waals surface area (Å²) in [5.74, 6) is -0.686. The Balaban J connectivity index is 2.02. The number of amides is 2. The van der Waals surface area contributed by atoms with Crippen LogP contribution in [0, 0.1) is 0 Å². The number of hydrogen-bond donors (Lipinski definition) is 0. The zero-order valence-electron chi connectivity index (χ0n) is 18.7. The molecule has 1 atom stereocenters. The largest absolute Gasteiger partial charge is 0.494 e. The Bertz CT molecular complexity index is 1150. The molecule has 184 valence electrons. The van der Waals surface area contributed by atoms with Crippen molar-refractivity contribution < 1.29 is 32.2 Å². The van der Waals surface area contributed by atoms with E-state index in [1.165, 1.54) is 32.4 Å². The predicted octanol–water partition coefficient (Wildman–Crippen LogP) is 3.33. The van der Waals surface area contributed by atoms with Crippen molar-refractivity contribution >= 4 is 50.7 Å². The second-order valence-corrected chi connectivity index (χ2v) is 9.97. The van der Waals surface area contributed by atoms with Crippen LogP contribution in [0.15, 0.2) is 47.4 Å². The number of halogens is 2. The Kier molecular flexibility index (Phi) is 8.56. The van der Waals surface area contributed by atoms with E-state index in [0.717, 1.165) is 9.21 Å². The molecule has 1 fully saturated rings. The third kappa shape index (κ3) is 5.37. The van der Waals surface area contributed by atoms with Crippen molar-refractivity contribution in [2.24, 2.45) is 0 Å².